The molecule has 2 atom stereocenters. The summed E-state index contributed by atoms with van der Waals surface area (Å²) in [6, 6.07) is 5.65. The Morgan fingerprint density at radius 1 is 1.27 bits per heavy atom. The Balaban J connectivity index is 1.53. The predicted octanol–water partition coefficient (Wildman–Crippen LogP) is 2.82. The number of hydrogen-bond donors (Lipinski definition) is 2. The third-order valence-electron chi connectivity index (χ3n) is 6.20. The van der Waals surface area contributed by atoms with Crippen LogP contribution >= 0.6 is 0 Å². The minimum absolute atomic E-state index is 0.00118. The van der Waals surface area contributed by atoms with Gasteiger partial charge in [-0.05, 0) is 61.3 Å². The molecule has 2 unspecified atom stereocenters. The second kappa shape index (κ2) is 5.78. The van der Waals surface area contributed by atoms with Crippen LogP contribution in [-0.2, 0) is 16.2 Å². The summed E-state index contributed by atoms with van der Waals surface area (Å²) < 4.78 is 11.5. The normalized spacial score (nSPS) is 26.7. The maximum absolute atomic E-state index is 12.7. The smallest absolute Gasteiger partial charge is 0.251 e. The number of H-pyrrole nitrogens is 1. The summed E-state index contributed by atoms with van der Waals surface area (Å²) in [7, 11) is -0.809. The van der Waals surface area contributed by atoms with Crippen LogP contribution in [0.4, 0.5) is 0 Å². The van der Waals surface area contributed by atoms with Gasteiger partial charge in [0.1, 0.15) is 0 Å². The van der Waals surface area contributed by atoms with Gasteiger partial charge in [0.25, 0.3) is 5.91 Å². The van der Waals surface area contributed by atoms with Crippen molar-refractivity contribution in [2.24, 2.45) is 0 Å². The van der Waals surface area contributed by atoms with Gasteiger partial charge in [-0.1, -0.05) is 0 Å². The highest BCUT2D eigenvalue weighted by Gasteiger charge is 2.48. The van der Waals surface area contributed by atoms with Gasteiger partial charge >= 0.3 is 0 Å². The highest BCUT2D eigenvalue weighted by molar-refractivity contribution is 7.85. The van der Waals surface area contributed by atoms with E-state index in [-0.39, 0.29) is 23.1 Å². The van der Waals surface area contributed by atoms with Crippen LogP contribution in [0.15, 0.2) is 18.2 Å². The van der Waals surface area contributed by atoms with Gasteiger partial charge in [-0.3, -0.25) is 13.8 Å². The number of aromatic amines is 1. The lowest BCUT2D eigenvalue weighted by Crippen LogP contribution is -2.35. The van der Waals surface area contributed by atoms with Crippen LogP contribution < -0.4 is 5.32 Å². The minimum atomic E-state index is -0.809. The zero-order chi connectivity index (χ0) is 17.9. The second-order valence-electron chi connectivity index (χ2n) is 7.96. The van der Waals surface area contributed by atoms with Crippen molar-refractivity contribution in [3.8, 4) is 0 Å². The molecule has 3 aliphatic rings. The van der Waals surface area contributed by atoms with E-state index in [1.807, 2.05) is 18.2 Å². The molecule has 1 amide bonds. The van der Waals surface area contributed by atoms with Crippen LogP contribution in [0, 0.1) is 0 Å². The Morgan fingerprint density at radius 3 is 2.85 bits per heavy atom. The summed E-state index contributed by atoms with van der Waals surface area (Å²) >= 11 is 0. The topological polar surface area (TPSA) is 79.0 Å². The van der Waals surface area contributed by atoms with Crippen molar-refractivity contribution in [3.63, 3.8) is 0 Å². The first-order valence-electron chi connectivity index (χ1n) is 9.41. The van der Waals surface area contributed by atoms with Gasteiger partial charge in [0.05, 0.1) is 5.69 Å². The predicted molar refractivity (Wildman–Crippen MR) is 101 cm³/mol. The molecule has 1 aliphatic heterocycles. The standard InChI is InChI=1S/C20H22N2O3S/c23-16-2-1-6-20(7-8-20)17-14-10-12(3-4-15(14)22-18(16)17)19(24)21-13-5-9-26(25)11-13/h3-4,10,13,22H,1-2,5-9,11H2,(H,21,24). The van der Waals surface area contributed by atoms with Crippen LogP contribution in [0.1, 0.15) is 64.9 Å². The number of amides is 1. The van der Waals surface area contributed by atoms with Gasteiger partial charge in [0.2, 0.25) is 0 Å². The molecule has 0 bridgehead atoms. The lowest BCUT2D eigenvalue weighted by atomic mass is 9.90. The van der Waals surface area contributed by atoms with E-state index in [0.29, 0.717) is 23.5 Å². The molecule has 1 aromatic heterocycles. The second-order valence-corrected chi connectivity index (χ2v) is 9.58. The number of Topliss-reactive ketones (excluding diaryl/α,β-unsaturated/α-hetero) is 1. The van der Waals surface area contributed by atoms with Gasteiger partial charge in [0.15, 0.2) is 5.78 Å². The van der Waals surface area contributed by atoms with E-state index in [0.717, 1.165) is 54.3 Å². The van der Waals surface area contributed by atoms with Crippen LogP contribution in [0.5, 0.6) is 0 Å². The van der Waals surface area contributed by atoms with E-state index in [9.17, 15) is 13.8 Å². The van der Waals surface area contributed by atoms with Gasteiger partial charge in [0, 0.05) is 51.2 Å². The molecular formula is C20H22N2O3S. The number of rotatable bonds is 2. The molecule has 2 heterocycles. The highest BCUT2D eigenvalue weighted by atomic mass is 32.2. The number of carbonyl (C=O) groups excluding carboxylic acids is 2. The molecule has 2 aromatic rings. The highest BCUT2D eigenvalue weighted by Crippen LogP contribution is 2.56. The maximum Gasteiger partial charge on any atom is 0.251 e. The van der Waals surface area contributed by atoms with Crippen molar-refractivity contribution >= 4 is 33.4 Å². The summed E-state index contributed by atoms with van der Waals surface area (Å²) in [5.41, 5.74) is 3.60. The van der Waals surface area contributed by atoms with Crippen LogP contribution in [0.25, 0.3) is 10.9 Å². The molecule has 6 heteroatoms. The number of aromatic nitrogens is 1. The molecule has 0 radical (unpaired) electrons. The first kappa shape index (κ1) is 16.2. The monoisotopic (exact) mass is 370 g/mol. The summed E-state index contributed by atoms with van der Waals surface area (Å²) in [5, 5.41) is 4.03. The number of nitrogens with one attached hydrogen (secondary N) is 2. The number of carbonyl (C=O) groups is 2. The van der Waals surface area contributed by atoms with E-state index >= 15 is 0 Å². The van der Waals surface area contributed by atoms with Crippen molar-refractivity contribution in [2.45, 2.75) is 50.0 Å². The number of hydrogen-bond acceptors (Lipinski definition) is 3. The van der Waals surface area contributed by atoms with Gasteiger partial charge < -0.3 is 10.3 Å². The van der Waals surface area contributed by atoms with Crippen LogP contribution in [0.2, 0.25) is 0 Å². The molecule has 1 saturated carbocycles. The molecule has 1 spiro atoms. The number of fused-ring (bicyclic) bond motifs is 4. The molecule has 5 rings (SSSR count). The summed E-state index contributed by atoms with van der Waals surface area (Å²) in [6.45, 7) is 0. The third-order valence-corrected chi connectivity index (χ3v) is 7.66. The summed E-state index contributed by atoms with van der Waals surface area (Å²) in [5.74, 6) is 1.29. The molecule has 2 N–H and O–H groups in total. The fourth-order valence-electron chi connectivity index (χ4n) is 4.63. The molecule has 5 nitrogen and oxygen atoms in total. The lowest BCUT2D eigenvalue weighted by Gasteiger charge is -2.14. The quantitative estimate of drug-likeness (QED) is 0.853. The van der Waals surface area contributed by atoms with E-state index in [4.69, 9.17) is 0 Å². The van der Waals surface area contributed by atoms with Crippen molar-refractivity contribution in [1.82, 2.24) is 10.3 Å². The van der Waals surface area contributed by atoms with Crippen molar-refractivity contribution in [1.29, 1.82) is 0 Å². The van der Waals surface area contributed by atoms with Crippen molar-refractivity contribution in [3.05, 3.63) is 35.0 Å². The largest absolute Gasteiger partial charge is 0.352 e. The van der Waals surface area contributed by atoms with E-state index in [2.05, 4.69) is 10.3 Å². The van der Waals surface area contributed by atoms with Crippen LogP contribution in [0.3, 0.4) is 0 Å². The fourth-order valence-corrected chi connectivity index (χ4v) is 6.04. The Labute approximate surface area is 154 Å². The van der Waals surface area contributed by atoms with E-state index in [1.165, 1.54) is 0 Å². The summed E-state index contributed by atoms with van der Waals surface area (Å²) in [6.07, 6.45) is 5.64. The summed E-state index contributed by atoms with van der Waals surface area (Å²) in [4.78, 5) is 28.5. The fraction of sp³-hybridized carbons (Fsp3) is 0.500. The SMILES string of the molecule is O=C(NC1CCS(=O)C1)c1ccc2[nH]c3c(c2c1)C1(CCCC3=O)CC1. The molecule has 136 valence electrons. The van der Waals surface area contributed by atoms with Crippen molar-refractivity contribution in [2.75, 3.05) is 11.5 Å². The van der Waals surface area contributed by atoms with Crippen LogP contribution in [-0.4, -0.2) is 38.4 Å². The average Bonchev–Trinajstić information content (AvgIpc) is 3.15. The average molecular weight is 370 g/mol. The van der Waals surface area contributed by atoms with Crippen molar-refractivity contribution < 1.29 is 13.8 Å². The first-order valence-corrected chi connectivity index (χ1v) is 10.9. The molecule has 26 heavy (non-hydrogen) atoms. The third kappa shape index (κ3) is 2.54. The zero-order valence-electron chi connectivity index (χ0n) is 14.6. The molecule has 2 fully saturated rings. The number of benzene rings is 1. The van der Waals surface area contributed by atoms with Gasteiger partial charge in [-0.15, -0.1) is 0 Å². The Bertz CT molecular complexity index is 957. The molecule has 2 aliphatic carbocycles. The molecule has 1 aromatic carbocycles. The molecule has 1 saturated heterocycles. The van der Waals surface area contributed by atoms with Gasteiger partial charge in [-0.25, -0.2) is 0 Å². The van der Waals surface area contributed by atoms with E-state index in [1.54, 1.807) is 0 Å². The molecular weight excluding hydrogens is 348 g/mol. The lowest BCUT2D eigenvalue weighted by molar-refractivity contribution is 0.0939. The number of ketones is 1. The first-order chi connectivity index (χ1) is 12.6. The minimum Gasteiger partial charge on any atom is -0.352 e. The van der Waals surface area contributed by atoms with E-state index < -0.39 is 10.8 Å². The Morgan fingerprint density at radius 2 is 2.12 bits per heavy atom. The van der Waals surface area contributed by atoms with Gasteiger partial charge in [-0.2, -0.15) is 0 Å². The zero-order valence-corrected chi connectivity index (χ0v) is 15.4. The maximum atomic E-state index is 12.7. The Kier molecular flexibility index (Phi) is 3.61. The Hall–Kier alpha value is -1.95.